The van der Waals surface area contributed by atoms with E-state index in [1.807, 2.05) is 11.3 Å². The van der Waals surface area contributed by atoms with E-state index in [9.17, 15) is 0 Å². The summed E-state index contributed by atoms with van der Waals surface area (Å²) in [5, 5.41) is 8.00. The van der Waals surface area contributed by atoms with Crippen LogP contribution in [0, 0.1) is 0 Å². The third kappa shape index (κ3) is 5.13. The molecule has 2 aromatic heterocycles. The molecular weight excluding hydrogens is 671 g/mol. The molecule has 0 N–H and O–H groups in total. The first-order valence-electron chi connectivity index (χ1n) is 19.1. The van der Waals surface area contributed by atoms with Crippen molar-refractivity contribution >= 4 is 66.2 Å². The largest absolute Gasteiger partial charge is 0.333 e. The fourth-order valence-corrected chi connectivity index (χ4v) is 10.3. The molecule has 2 unspecified atom stereocenters. The first-order valence-corrected chi connectivity index (χ1v) is 19.9. The maximum absolute atomic E-state index is 2.63. The average Bonchev–Trinajstić information content (AvgIpc) is 3.79. The molecular formula is C52H37NS. The Labute approximate surface area is 318 Å². The van der Waals surface area contributed by atoms with Gasteiger partial charge in [-0.2, -0.15) is 0 Å². The van der Waals surface area contributed by atoms with Crippen molar-refractivity contribution < 1.29 is 0 Å². The van der Waals surface area contributed by atoms with E-state index < -0.39 is 0 Å². The van der Waals surface area contributed by atoms with Crippen LogP contribution in [0.4, 0.5) is 0 Å². The van der Waals surface area contributed by atoms with Crippen LogP contribution in [-0.2, 0) is 0 Å². The zero-order valence-corrected chi connectivity index (χ0v) is 30.6. The normalized spacial score (nSPS) is 16.5. The molecule has 2 heteroatoms. The fourth-order valence-electron chi connectivity index (χ4n) is 8.94. The number of nitrogens with zero attached hydrogens (tertiary/aromatic N) is 1. The van der Waals surface area contributed by atoms with Crippen molar-refractivity contribution in [2.75, 3.05) is 0 Å². The van der Waals surface area contributed by atoms with Crippen LogP contribution >= 0.6 is 11.3 Å². The highest BCUT2D eigenvalue weighted by atomic mass is 32.1. The third-order valence-electron chi connectivity index (χ3n) is 11.6. The van der Waals surface area contributed by atoms with Gasteiger partial charge in [0.05, 0.1) is 17.1 Å². The molecule has 11 rings (SSSR count). The highest BCUT2D eigenvalue weighted by Gasteiger charge is 2.24. The number of fused-ring (bicyclic) bond motifs is 8. The summed E-state index contributed by atoms with van der Waals surface area (Å²) in [7, 11) is 0. The number of allylic oxidation sites excluding steroid dienone is 4. The van der Waals surface area contributed by atoms with Crippen molar-refractivity contribution in [3.63, 3.8) is 0 Å². The van der Waals surface area contributed by atoms with Gasteiger partial charge in [0.1, 0.15) is 0 Å². The van der Waals surface area contributed by atoms with Crippen molar-refractivity contribution in [3.05, 3.63) is 191 Å². The molecule has 2 atom stereocenters. The van der Waals surface area contributed by atoms with Crippen molar-refractivity contribution in [1.82, 2.24) is 4.57 Å². The lowest BCUT2D eigenvalue weighted by atomic mass is 9.89. The highest BCUT2D eigenvalue weighted by Crippen LogP contribution is 2.44. The van der Waals surface area contributed by atoms with Gasteiger partial charge in [0.2, 0.25) is 0 Å². The van der Waals surface area contributed by atoms with Crippen LogP contribution in [0.5, 0.6) is 0 Å². The average molecular weight is 708 g/mol. The van der Waals surface area contributed by atoms with Gasteiger partial charge in [0, 0.05) is 31.3 Å². The van der Waals surface area contributed by atoms with Gasteiger partial charge in [-0.15, -0.1) is 11.3 Å². The first-order chi connectivity index (χ1) is 26.8. The van der Waals surface area contributed by atoms with Gasteiger partial charge in [0.25, 0.3) is 0 Å². The van der Waals surface area contributed by atoms with Gasteiger partial charge >= 0.3 is 0 Å². The highest BCUT2D eigenvalue weighted by molar-refractivity contribution is 7.18. The minimum absolute atomic E-state index is 0.235. The molecule has 54 heavy (non-hydrogen) atoms. The second-order valence-corrected chi connectivity index (χ2v) is 15.8. The van der Waals surface area contributed by atoms with Gasteiger partial charge in [-0.1, -0.05) is 170 Å². The van der Waals surface area contributed by atoms with Crippen LogP contribution in [-0.4, -0.2) is 4.57 Å². The van der Waals surface area contributed by atoms with E-state index in [4.69, 9.17) is 0 Å². The maximum Gasteiger partial charge on any atom is 0.0560 e. The molecule has 0 saturated carbocycles. The zero-order chi connectivity index (χ0) is 35.6. The summed E-state index contributed by atoms with van der Waals surface area (Å²) in [6, 6.07) is 56.4. The Balaban J connectivity index is 1.19. The van der Waals surface area contributed by atoms with Crippen LogP contribution in [0.3, 0.4) is 0 Å². The van der Waals surface area contributed by atoms with Crippen molar-refractivity contribution in [2.45, 2.75) is 24.8 Å². The van der Waals surface area contributed by atoms with Crippen LogP contribution < -0.4 is 9.75 Å². The predicted octanol–water partition coefficient (Wildman–Crippen LogP) is 13.0. The van der Waals surface area contributed by atoms with Gasteiger partial charge in [-0.25, -0.2) is 0 Å². The number of aromatic nitrogens is 1. The molecule has 1 nitrogen and oxygen atoms in total. The Hall–Kier alpha value is -6.22. The van der Waals surface area contributed by atoms with E-state index >= 15 is 0 Å². The van der Waals surface area contributed by atoms with Crippen molar-refractivity contribution in [2.24, 2.45) is 0 Å². The summed E-state index contributed by atoms with van der Waals surface area (Å²) in [4.78, 5) is 0. The van der Waals surface area contributed by atoms with E-state index in [0.29, 0.717) is 5.92 Å². The van der Waals surface area contributed by atoms with Crippen molar-refractivity contribution in [3.8, 4) is 33.4 Å². The summed E-state index contributed by atoms with van der Waals surface area (Å²) >= 11 is 1.98. The summed E-state index contributed by atoms with van der Waals surface area (Å²) < 4.78 is 5.41. The predicted molar refractivity (Wildman–Crippen MR) is 233 cm³/mol. The monoisotopic (exact) mass is 707 g/mol. The Kier molecular flexibility index (Phi) is 7.38. The molecule has 0 spiro atoms. The molecule has 7 aromatic carbocycles. The summed E-state index contributed by atoms with van der Waals surface area (Å²) in [6.07, 6.45) is 16.1. The summed E-state index contributed by atoms with van der Waals surface area (Å²) in [6.45, 7) is 0. The molecule has 2 heterocycles. The fraction of sp³-hybridized carbons (Fsp3) is 0.0769. The summed E-state index contributed by atoms with van der Waals surface area (Å²) in [5.41, 5.74) is 11.6. The first kappa shape index (κ1) is 31.3. The maximum atomic E-state index is 2.63. The Morgan fingerprint density at radius 3 is 2.02 bits per heavy atom. The molecule has 9 aromatic rings. The topological polar surface area (TPSA) is 4.93 Å². The number of rotatable bonds is 5. The van der Waals surface area contributed by atoms with Crippen LogP contribution in [0.2, 0.25) is 0 Å². The number of thiophene rings is 1. The quantitative estimate of drug-likeness (QED) is 0.168. The van der Waals surface area contributed by atoms with E-state index in [1.165, 1.54) is 91.4 Å². The summed E-state index contributed by atoms with van der Waals surface area (Å²) in [5.74, 6) is 0.314. The van der Waals surface area contributed by atoms with E-state index in [-0.39, 0.29) is 6.04 Å². The Morgan fingerprint density at radius 2 is 1.24 bits per heavy atom. The van der Waals surface area contributed by atoms with E-state index in [0.717, 1.165) is 12.8 Å². The van der Waals surface area contributed by atoms with Gasteiger partial charge in [0.15, 0.2) is 0 Å². The molecule has 0 amide bonds. The molecule has 0 bridgehead atoms. The third-order valence-corrected chi connectivity index (χ3v) is 12.8. The van der Waals surface area contributed by atoms with Gasteiger partial charge in [-0.3, -0.25) is 0 Å². The second-order valence-electron chi connectivity index (χ2n) is 14.7. The lowest BCUT2D eigenvalue weighted by Gasteiger charge is -2.19. The van der Waals surface area contributed by atoms with Crippen molar-refractivity contribution in [1.29, 1.82) is 0 Å². The minimum Gasteiger partial charge on any atom is -0.333 e. The van der Waals surface area contributed by atoms with Gasteiger partial charge < -0.3 is 4.57 Å². The Bertz CT molecular complexity index is 3090. The smallest absolute Gasteiger partial charge is 0.0560 e. The second kappa shape index (κ2) is 12.7. The number of hydrogen-bond acceptors (Lipinski definition) is 1. The van der Waals surface area contributed by atoms with E-state index in [2.05, 4.69) is 193 Å². The van der Waals surface area contributed by atoms with Crippen LogP contribution in [0.25, 0.3) is 88.2 Å². The molecule has 0 saturated heterocycles. The molecule has 2 aliphatic carbocycles. The molecule has 0 aliphatic heterocycles. The zero-order valence-electron chi connectivity index (χ0n) is 29.8. The Morgan fingerprint density at radius 1 is 0.537 bits per heavy atom. The number of benzene rings is 7. The van der Waals surface area contributed by atoms with Crippen LogP contribution in [0.1, 0.15) is 30.4 Å². The SMILES string of the molecule is C1=CCC(n2c3cc(-c4ccccc4)ccc3c3c4sc5c(c4c(-c4ccc6ccccc6c4)cc32)=CC(c2ccc(-c3ccccc3)cc2)CC=5)C=C1. The number of hydrogen-bond donors (Lipinski definition) is 0. The molecule has 0 fully saturated rings. The van der Waals surface area contributed by atoms with Gasteiger partial charge in [-0.05, 0) is 86.0 Å². The standard InChI is InChI=1S/C52H37NS/c1-4-12-34(13-5-1)37-20-22-38(23-21-37)40-27-29-49-46(31-40)50-45(42-25-24-36-16-10-11-17-39(36)30-42)33-48-51(52(50)54-49)44-28-26-41(35-14-6-2-7-15-35)32-47(44)53(48)43-18-8-3-9-19-43/h1-18,20-26,28-33,40,43H,19,27H2. The lowest BCUT2D eigenvalue weighted by molar-refractivity contribution is 0.648. The van der Waals surface area contributed by atoms with E-state index in [1.54, 1.807) is 0 Å². The minimum atomic E-state index is 0.235. The molecule has 0 radical (unpaired) electrons. The lowest BCUT2D eigenvalue weighted by Crippen LogP contribution is -2.24. The molecule has 256 valence electrons. The molecule has 2 aliphatic rings. The van der Waals surface area contributed by atoms with Crippen LogP contribution in [0.15, 0.2) is 176 Å².